The van der Waals surface area contributed by atoms with Crippen molar-refractivity contribution in [3.05, 3.63) is 54.1 Å². The summed E-state index contributed by atoms with van der Waals surface area (Å²) in [7, 11) is 0. The summed E-state index contributed by atoms with van der Waals surface area (Å²) in [6.45, 7) is 5.28. The molecule has 6 nitrogen and oxygen atoms in total. The largest absolute Gasteiger partial charge is 0.491 e. The van der Waals surface area contributed by atoms with E-state index in [4.69, 9.17) is 17.0 Å². The van der Waals surface area contributed by atoms with Gasteiger partial charge in [-0.2, -0.15) is 0 Å². The first-order chi connectivity index (χ1) is 12.3. The molecule has 0 spiro atoms. The number of carbonyl (C=O) groups excluding carboxylic acids is 2. The SMILES string of the molecule is CC(=O)Nc1ccc(NC(=S)NC(=O)c2cccc(OC(C)C)c2)cc1. The maximum absolute atomic E-state index is 12.3. The minimum Gasteiger partial charge on any atom is -0.491 e. The molecular weight excluding hydrogens is 350 g/mol. The van der Waals surface area contributed by atoms with Crippen LogP contribution in [0.2, 0.25) is 0 Å². The molecule has 0 radical (unpaired) electrons. The van der Waals surface area contributed by atoms with E-state index in [1.165, 1.54) is 6.92 Å². The van der Waals surface area contributed by atoms with Crippen molar-refractivity contribution in [3.8, 4) is 5.75 Å². The number of amides is 2. The first kappa shape index (κ1) is 19.4. The van der Waals surface area contributed by atoms with Crippen molar-refractivity contribution < 1.29 is 14.3 Å². The molecule has 0 saturated heterocycles. The fraction of sp³-hybridized carbons (Fsp3) is 0.211. The second kappa shape index (κ2) is 8.96. The summed E-state index contributed by atoms with van der Waals surface area (Å²) in [5.41, 5.74) is 1.83. The summed E-state index contributed by atoms with van der Waals surface area (Å²) in [6.07, 6.45) is 0.0246. The maximum Gasteiger partial charge on any atom is 0.257 e. The summed E-state index contributed by atoms with van der Waals surface area (Å²) in [4.78, 5) is 23.3. The molecule has 2 amide bonds. The summed E-state index contributed by atoms with van der Waals surface area (Å²) in [6, 6.07) is 13.9. The molecule has 0 aliphatic heterocycles. The van der Waals surface area contributed by atoms with Gasteiger partial charge in [0.2, 0.25) is 5.91 Å². The molecule has 136 valence electrons. The Bertz CT molecular complexity index is 804. The van der Waals surface area contributed by atoms with Gasteiger partial charge in [0, 0.05) is 23.9 Å². The van der Waals surface area contributed by atoms with E-state index in [0.717, 1.165) is 0 Å². The maximum atomic E-state index is 12.3. The van der Waals surface area contributed by atoms with Crippen LogP contribution < -0.4 is 20.7 Å². The third-order valence-corrected chi connectivity index (χ3v) is 3.36. The highest BCUT2D eigenvalue weighted by atomic mass is 32.1. The van der Waals surface area contributed by atoms with Gasteiger partial charge in [-0.3, -0.25) is 14.9 Å². The normalized spacial score (nSPS) is 10.2. The van der Waals surface area contributed by atoms with Gasteiger partial charge in [0.15, 0.2) is 5.11 Å². The zero-order chi connectivity index (χ0) is 19.1. The van der Waals surface area contributed by atoms with Gasteiger partial charge in [0.25, 0.3) is 5.91 Å². The molecule has 2 rings (SSSR count). The van der Waals surface area contributed by atoms with Crippen LogP contribution in [0.4, 0.5) is 11.4 Å². The molecule has 0 aliphatic carbocycles. The van der Waals surface area contributed by atoms with Crippen LogP contribution in [-0.4, -0.2) is 23.0 Å². The lowest BCUT2D eigenvalue weighted by Crippen LogP contribution is -2.34. The molecule has 0 aromatic heterocycles. The van der Waals surface area contributed by atoms with Gasteiger partial charge in [0.1, 0.15) is 5.75 Å². The summed E-state index contributed by atoms with van der Waals surface area (Å²) in [5.74, 6) is 0.156. The minimum absolute atomic E-state index is 0.0246. The fourth-order valence-electron chi connectivity index (χ4n) is 2.16. The van der Waals surface area contributed by atoms with E-state index >= 15 is 0 Å². The Morgan fingerprint density at radius 2 is 1.62 bits per heavy atom. The Balaban J connectivity index is 1.94. The number of nitrogens with one attached hydrogen (secondary N) is 3. The van der Waals surface area contributed by atoms with Crippen LogP contribution in [0, 0.1) is 0 Å². The van der Waals surface area contributed by atoms with Crippen molar-refractivity contribution in [2.45, 2.75) is 26.9 Å². The predicted octanol–water partition coefficient (Wildman–Crippen LogP) is 3.56. The predicted molar refractivity (Wildman–Crippen MR) is 107 cm³/mol. The zero-order valence-electron chi connectivity index (χ0n) is 14.8. The second-order valence-electron chi connectivity index (χ2n) is 5.86. The van der Waals surface area contributed by atoms with Crippen LogP contribution in [0.5, 0.6) is 5.75 Å². The number of thiocarbonyl (C=S) groups is 1. The lowest BCUT2D eigenvalue weighted by Gasteiger charge is -2.12. The Labute approximate surface area is 157 Å². The number of ether oxygens (including phenoxy) is 1. The third-order valence-electron chi connectivity index (χ3n) is 3.16. The van der Waals surface area contributed by atoms with Gasteiger partial charge in [-0.05, 0) is 68.5 Å². The lowest BCUT2D eigenvalue weighted by molar-refractivity contribution is -0.114. The third kappa shape index (κ3) is 6.18. The molecule has 26 heavy (non-hydrogen) atoms. The zero-order valence-corrected chi connectivity index (χ0v) is 15.6. The Kier molecular flexibility index (Phi) is 6.68. The molecular formula is C19H21N3O3S. The van der Waals surface area contributed by atoms with Crippen LogP contribution >= 0.6 is 12.2 Å². The highest BCUT2D eigenvalue weighted by Gasteiger charge is 2.10. The summed E-state index contributed by atoms with van der Waals surface area (Å²) < 4.78 is 5.59. The molecule has 0 atom stereocenters. The second-order valence-corrected chi connectivity index (χ2v) is 6.27. The Morgan fingerprint density at radius 3 is 2.19 bits per heavy atom. The van der Waals surface area contributed by atoms with Crippen LogP contribution in [0.15, 0.2) is 48.5 Å². The molecule has 0 bridgehead atoms. The number of carbonyl (C=O) groups is 2. The molecule has 0 unspecified atom stereocenters. The van der Waals surface area contributed by atoms with Crippen LogP contribution in [0.25, 0.3) is 0 Å². The van der Waals surface area contributed by atoms with Gasteiger partial charge in [-0.15, -0.1) is 0 Å². The van der Waals surface area contributed by atoms with E-state index in [9.17, 15) is 9.59 Å². The van der Waals surface area contributed by atoms with Gasteiger partial charge in [0.05, 0.1) is 6.10 Å². The number of benzene rings is 2. The van der Waals surface area contributed by atoms with E-state index < -0.39 is 0 Å². The summed E-state index contributed by atoms with van der Waals surface area (Å²) >= 11 is 5.17. The lowest BCUT2D eigenvalue weighted by atomic mass is 10.2. The van der Waals surface area contributed by atoms with Crippen LogP contribution in [-0.2, 0) is 4.79 Å². The molecule has 2 aromatic carbocycles. The summed E-state index contributed by atoms with van der Waals surface area (Å²) in [5, 5.41) is 8.41. The first-order valence-electron chi connectivity index (χ1n) is 8.10. The number of rotatable bonds is 5. The average Bonchev–Trinajstić information content (AvgIpc) is 2.55. The van der Waals surface area contributed by atoms with E-state index in [0.29, 0.717) is 22.7 Å². The van der Waals surface area contributed by atoms with Crippen molar-refractivity contribution in [2.75, 3.05) is 10.6 Å². The fourth-order valence-corrected chi connectivity index (χ4v) is 2.37. The standard InChI is InChI=1S/C19H21N3O3S/c1-12(2)25-17-6-4-5-14(11-17)18(24)22-19(26)21-16-9-7-15(8-10-16)20-13(3)23/h4-12H,1-3H3,(H,20,23)(H2,21,22,24,26). The van der Waals surface area contributed by atoms with Crippen molar-refractivity contribution in [1.29, 1.82) is 0 Å². The van der Waals surface area contributed by atoms with Crippen LogP contribution in [0.3, 0.4) is 0 Å². The highest BCUT2D eigenvalue weighted by Crippen LogP contribution is 2.16. The van der Waals surface area contributed by atoms with Gasteiger partial charge in [-0.1, -0.05) is 6.07 Å². The molecule has 0 fully saturated rings. The first-order valence-corrected chi connectivity index (χ1v) is 8.51. The molecule has 0 saturated carbocycles. The van der Waals surface area contributed by atoms with Crippen molar-refractivity contribution in [3.63, 3.8) is 0 Å². The Morgan fingerprint density at radius 1 is 1.00 bits per heavy atom. The molecule has 0 aliphatic rings. The molecule has 0 heterocycles. The van der Waals surface area contributed by atoms with Gasteiger partial charge >= 0.3 is 0 Å². The number of hydrogen-bond acceptors (Lipinski definition) is 4. The minimum atomic E-state index is -0.327. The molecule has 7 heteroatoms. The number of anilines is 2. The topological polar surface area (TPSA) is 79.5 Å². The molecule has 3 N–H and O–H groups in total. The van der Waals surface area contributed by atoms with Crippen molar-refractivity contribution in [1.82, 2.24) is 5.32 Å². The van der Waals surface area contributed by atoms with E-state index in [2.05, 4.69) is 16.0 Å². The van der Waals surface area contributed by atoms with Gasteiger partial charge in [-0.25, -0.2) is 0 Å². The Hall–Kier alpha value is -2.93. The quantitative estimate of drug-likeness (QED) is 0.701. The van der Waals surface area contributed by atoms with Crippen molar-refractivity contribution in [2.24, 2.45) is 0 Å². The average molecular weight is 371 g/mol. The highest BCUT2D eigenvalue weighted by molar-refractivity contribution is 7.80. The van der Waals surface area contributed by atoms with Crippen molar-refractivity contribution >= 4 is 40.5 Å². The van der Waals surface area contributed by atoms with E-state index in [-0.39, 0.29) is 23.0 Å². The van der Waals surface area contributed by atoms with E-state index in [1.807, 2.05) is 13.8 Å². The van der Waals surface area contributed by atoms with E-state index in [1.54, 1.807) is 48.5 Å². The molecule has 2 aromatic rings. The smallest absolute Gasteiger partial charge is 0.257 e. The van der Waals surface area contributed by atoms with Gasteiger partial charge < -0.3 is 15.4 Å². The monoisotopic (exact) mass is 371 g/mol. The number of hydrogen-bond donors (Lipinski definition) is 3. The van der Waals surface area contributed by atoms with Crippen LogP contribution in [0.1, 0.15) is 31.1 Å².